The molecule has 6 nitrogen and oxygen atoms in total. The Morgan fingerprint density at radius 2 is 2.04 bits per heavy atom. The fourth-order valence-corrected chi connectivity index (χ4v) is 3.49. The van der Waals surface area contributed by atoms with E-state index in [1.54, 1.807) is 4.90 Å². The van der Waals surface area contributed by atoms with Crippen LogP contribution in [0.15, 0.2) is 6.07 Å². The third-order valence-corrected chi connectivity index (χ3v) is 5.05. The largest absolute Gasteiger partial charge is 0.376 e. The summed E-state index contributed by atoms with van der Waals surface area (Å²) in [4.78, 5) is 26.3. The van der Waals surface area contributed by atoms with Crippen LogP contribution in [0.1, 0.15) is 47.4 Å². The zero-order valence-electron chi connectivity index (χ0n) is 15.5. The van der Waals surface area contributed by atoms with Gasteiger partial charge in [0.25, 0.3) is 0 Å². The van der Waals surface area contributed by atoms with Crippen molar-refractivity contribution in [2.24, 2.45) is 0 Å². The van der Waals surface area contributed by atoms with Gasteiger partial charge in [-0.1, -0.05) is 0 Å². The lowest BCUT2D eigenvalue weighted by molar-refractivity contribution is -0.121. The van der Waals surface area contributed by atoms with Crippen molar-refractivity contribution in [1.82, 2.24) is 14.8 Å². The maximum atomic E-state index is 12.7. The molecule has 0 bridgehead atoms. The summed E-state index contributed by atoms with van der Waals surface area (Å²) < 4.78 is 7.91. The van der Waals surface area contributed by atoms with Gasteiger partial charge in [0.15, 0.2) is 5.78 Å². The SMILES string of the molecule is Cc1cc(C(=O)CN(C)CC(=O)NC2CC2)c(C)n1C[C@H]1CCCO1. The highest BCUT2D eigenvalue weighted by molar-refractivity contribution is 5.99. The van der Waals surface area contributed by atoms with Crippen molar-refractivity contribution in [3.8, 4) is 0 Å². The van der Waals surface area contributed by atoms with Gasteiger partial charge in [-0.05, 0) is 52.6 Å². The Bertz CT molecular complexity index is 643. The van der Waals surface area contributed by atoms with Gasteiger partial charge >= 0.3 is 0 Å². The summed E-state index contributed by atoms with van der Waals surface area (Å²) in [5, 5.41) is 2.95. The first-order chi connectivity index (χ1) is 11.9. The summed E-state index contributed by atoms with van der Waals surface area (Å²) in [6, 6.07) is 2.32. The molecule has 25 heavy (non-hydrogen) atoms. The molecule has 2 fully saturated rings. The summed E-state index contributed by atoms with van der Waals surface area (Å²) in [6.45, 7) is 6.19. The van der Waals surface area contributed by atoms with Crippen LogP contribution in [0.3, 0.4) is 0 Å². The van der Waals surface area contributed by atoms with Crippen LogP contribution in [-0.2, 0) is 16.1 Å². The molecular formula is C19H29N3O3. The molecule has 6 heteroatoms. The predicted molar refractivity (Wildman–Crippen MR) is 95.9 cm³/mol. The number of amides is 1. The van der Waals surface area contributed by atoms with Gasteiger partial charge in [-0.2, -0.15) is 0 Å². The number of hydrogen-bond donors (Lipinski definition) is 1. The Labute approximate surface area is 149 Å². The number of ketones is 1. The lowest BCUT2D eigenvalue weighted by atomic mass is 10.1. The number of aromatic nitrogens is 1. The quantitative estimate of drug-likeness (QED) is 0.727. The Morgan fingerprint density at radius 1 is 1.28 bits per heavy atom. The van der Waals surface area contributed by atoms with Crippen molar-refractivity contribution in [3.63, 3.8) is 0 Å². The van der Waals surface area contributed by atoms with Crippen molar-refractivity contribution in [2.75, 3.05) is 26.7 Å². The molecule has 0 unspecified atom stereocenters. The molecule has 1 aliphatic heterocycles. The van der Waals surface area contributed by atoms with Gasteiger partial charge in [0.05, 0.1) is 19.2 Å². The highest BCUT2D eigenvalue weighted by Crippen LogP contribution is 2.21. The summed E-state index contributed by atoms with van der Waals surface area (Å²) in [5.74, 6) is 0.0649. The molecule has 1 N–H and O–H groups in total. The van der Waals surface area contributed by atoms with Crippen LogP contribution in [0, 0.1) is 13.8 Å². The normalized spacial score (nSPS) is 20.2. The maximum absolute atomic E-state index is 12.7. The molecule has 3 rings (SSSR count). The fraction of sp³-hybridized carbons (Fsp3) is 0.684. The molecule has 1 saturated carbocycles. The molecule has 1 atom stereocenters. The van der Waals surface area contributed by atoms with E-state index in [1.165, 1.54) is 0 Å². The van der Waals surface area contributed by atoms with E-state index in [2.05, 4.69) is 9.88 Å². The van der Waals surface area contributed by atoms with E-state index in [0.29, 0.717) is 6.04 Å². The molecule has 1 aromatic rings. The Hall–Kier alpha value is -1.66. The maximum Gasteiger partial charge on any atom is 0.234 e. The molecule has 1 amide bonds. The molecule has 0 spiro atoms. The molecule has 1 aromatic heterocycles. The number of rotatable bonds is 8. The number of nitrogens with one attached hydrogen (secondary N) is 1. The van der Waals surface area contributed by atoms with Gasteiger partial charge in [0.2, 0.25) is 5.91 Å². The van der Waals surface area contributed by atoms with Gasteiger partial charge in [-0.15, -0.1) is 0 Å². The van der Waals surface area contributed by atoms with Gasteiger partial charge < -0.3 is 14.6 Å². The molecule has 0 radical (unpaired) electrons. The first-order valence-electron chi connectivity index (χ1n) is 9.23. The zero-order chi connectivity index (χ0) is 18.0. The highest BCUT2D eigenvalue weighted by Gasteiger charge is 2.25. The van der Waals surface area contributed by atoms with Gasteiger partial charge in [0.1, 0.15) is 0 Å². The Kier molecular flexibility index (Phi) is 5.59. The number of carbonyl (C=O) groups excluding carboxylic acids is 2. The monoisotopic (exact) mass is 347 g/mol. The Morgan fingerprint density at radius 3 is 2.68 bits per heavy atom. The minimum Gasteiger partial charge on any atom is -0.376 e. The van der Waals surface area contributed by atoms with Crippen LogP contribution in [0.4, 0.5) is 0 Å². The second-order valence-corrected chi connectivity index (χ2v) is 7.47. The van der Waals surface area contributed by atoms with Crippen LogP contribution in [0.5, 0.6) is 0 Å². The lowest BCUT2D eigenvalue weighted by Crippen LogP contribution is -2.38. The third-order valence-electron chi connectivity index (χ3n) is 5.05. The number of aryl methyl sites for hydroxylation is 1. The highest BCUT2D eigenvalue weighted by atomic mass is 16.5. The van der Waals surface area contributed by atoms with E-state index < -0.39 is 0 Å². The first kappa shape index (κ1) is 18.1. The van der Waals surface area contributed by atoms with Crippen molar-refractivity contribution < 1.29 is 14.3 Å². The van der Waals surface area contributed by atoms with Crippen LogP contribution in [0.2, 0.25) is 0 Å². The summed E-state index contributed by atoms with van der Waals surface area (Å²) in [6.07, 6.45) is 4.60. The van der Waals surface area contributed by atoms with E-state index in [9.17, 15) is 9.59 Å². The van der Waals surface area contributed by atoms with E-state index in [0.717, 1.165) is 55.8 Å². The molecule has 2 heterocycles. The van der Waals surface area contributed by atoms with Gasteiger partial charge in [0, 0.05) is 36.1 Å². The van der Waals surface area contributed by atoms with Crippen LogP contribution < -0.4 is 5.32 Å². The first-order valence-corrected chi connectivity index (χ1v) is 9.23. The van der Waals surface area contributed by atoms with E-state index in [1.807, 2.05) is 27.0 Å². The van der Waals surface area contributed by atoms with E-state index in [4.69, 9.17) is 4.74 Å². The minimum atomic E-state index is 0.00153. The zero-order valence-corrected chi connectivity index (χ0v) is 15.5. The van der Waals surface area contributed by atoms with Crippen molar-refractivity contribution in [1.29, 1.82) is 0 Å². The standard InChI is InChI=1S/C19H29N3O3/c1-13-9-17(14(2)22(13)10-16-5-4-8-25-16)18(23)11-21(3)12-19(24)20-15-6-7-15/h9,15-16H,4-8,10-12H2,1-3H3,(H,20,24)/t16-/m1/s1. The van der Waals surface area contributed by atoms with Crippen LogP contribution in [0.25, 0.3) is 0 Å². The fourth-order valence-electron chi connectivity index (χ4n) is 3.49. The Balaban J connectivity index is 1.58. The van der Waals surface area contributed by atoms with Crippen molar-refractivity contribution >= 4 is 11.7 Å². The average Bonchev–Trinajstić information content (AvgIpc) is 3.11. The number of Topliss-reactive ketones (excluding diaryl/α,β-unsaturated/α-hetero) is 1. The van der Waals surface area contributed by atoms with Gasteiger partial charge in [-0.25, -0.2) is 0 Å². The molecule has 1 aliphatic carbocycles. The smallest absolute Gasteiger partial charge is 0.234 e. The minimum absolute atomic E-state index is 0.00153. The second kappa shape index (κ2) is 7.70. The second-order valence-electron chi connectivity index (χ2n) is 7.47. The summed E-state index contributed by atoms with van der Waals surface area (Å²) >= 11 is 0. The van der Waals surface area contributed by atoms with E-state index in [-0.39, 0.29) is 30.9 Å². The molecule has 2 aliphatic rings. The molecule has 1 saturated heterocycles. The van der Waals surface area contributed by atoms with E-state index >= 15 is 0 Å². The van der Waals surface area contributed by atoms with Gasteiger partial charge in [-0.3, -0.25) is 14.5 Å². The number of carbonyl (C=O) groups is 2. The number of nitrogens with zero attached hydrogens (tertiary/aromatic N) is 2. The number of ether oxygens (including phenoxy) is 1. The molecule has 0 aromatic carbocycles. The van der Waals surface area contributed by atoms with Crippen molar-refractivity contribution in [3.05, 3.63) is 23.0 Å². The average molecular weight is 347 g/mol. The number of hydrogen-bond acceptors (Lipinski definition) is 4. The topological polar surface area (TPSA) is 63.6 Å². The van der Waals surface area contributed by atoms with Crippen LogP contribution >= 0.6 is 0 Å². The summed E-state index contributed by atoms with van der Waals surface area (Å²) in [7, 11) is 1.82. The molecular weight excluding hydrogens is 318 g/mol. The summed E-state index contributed by atoms with van der Waals surface area (Å²) in [5.41, 5.74) is 2.84. The van der Waals surface area contributed by atoms with Crippen molar-refractivity contribution in [2.45, 2.75) is 58.2 Å². The van der Waals surface area contributed by atoms with Crippen LogP contribution in [-0.4, -0.2) is 60.0 Å². The lowest BCUT2D eigenvalue weighted by Gasteiger charge is -2.16. The number of likely N-dealkylation sites (N-methyl/N-ethyl adjacent to an activating group) is 1. The predicted octanol–water partition coefficient (Wildman–Crippen LogP) is 1.68. The molecule has 138 valence electrons. The third kappa shape index (κ3) is 4.70.